The van der Waals surface area contributed by atoms with Gasteiger partial charge in [-0.2, -0.15) is 0 Å². The van der Waals surface area contributed by atoms with Crippen LogP contribution in [-0.4, -0.2) is 30.9 Å². The zero-order chi connectivity index (χ0) is 20.6. The number of esters is 1. The molecule has 7 heteroatoms. The summed E-state index contributed by atoms with van der Waals surface area (Å²) in [5.74, 6) is -1.43. The quantitative estimate of drug-likeness (QED) is 0.619. The Morgan fingerprint density at radius 3 is 2.38 bits per heavy atom. The Balaban J connectivity index is 1.66. The van der Waals surface area contributed by atoms with E-state index < -0.39 is 18.5 Å². The fraction of sp³-hybridized carbons (Fsp3) is 0.136. The minimum absolute atomic E-state index is 0.116. The number of nitrogens with zero attached hydrogens (tertiary/aromatic N) is 1. The predicted molar refractivity (Wildman–Crippen MR) is 108 cm³/mol. The fourth-order valence-electron chi connectivity index (χ4n) is 2.76. The average molecular weight is 392 g/mol. The van der Waals surface area contributed by atoms with E-state index in [9.17, 15) is 14.4 Å². The molecule has 0 unspecified atom stereocenters. The molecule has 0 aliphatic heterocycles. The first-order valence-corrected chi connectivity index (χ1v) is 9.06. The average Bonchev–Trinajstić information content (AvgIpc) is 3.29. The topological polar surface area (TPSA) is 88.9 Å². The van der Waals surface area contributed by atoms with Gasteiger partial charge in [-0.05, 0) is 43.3 Å². The molecule has 0 saturated heterocycles. The minimum atomic E-state index is -0.710. The highest BCUT2D eigenvalue weighted by atomic mass is 16.5. The van der Waals surface area contributed by atoms with Crippen LogP contribution in [0.25, 0.3) is 0 Å². The van der Waals surface area contributed by atoms with Crippen molar-refractivity contribution in [3.8, 4) is 0 Å². The van der Waals surface area contributed by atoms with Crippen LogP contribution in [0.5, 0.6) is 0 Å². The molecule has 3 rings (SSSR count). The van der Waals surface area contributed by atoms with Crippen molar-refractivity contribution in [3.05, 3.63) is 84.3 Å². The predicted octanol–water partition coefficient (Wildman–Crippen LogP) is 3.74. The number of carbonyl (C=O) groups is 3. The summed E-state index contributed by atoms with van der Waals surface area (Å²) in [6.45, 7) is 1.87. The largest absolute Gasteiger partial charge is 0.459 e. The second-order valence-electron chi connectivity index (χ2n) is 6.03. The monoisotopic (exact) mass is 392 g/mol. The first-order valence-electron chi connectivity index (χ1n) is 9.06. The third-order valence-corrected chi connectivity index (χ3v) is 4.15. The van der Waals surface area contributed by atoms with Crippen LogP contribution in [0.4, 0.5) is 11.4 Å². The Hall–Kier alpha value is -3.87. The van der Waals surface area contributed by atoms with Gasteiger partial charge in [-0.3, -0.25) is 9.59 Å². The molecular weight excluding hydrogens is 372 g/mol. The van der Waals surface area contributed by atoms with E-state index in [1.807, 2.05) is 37.3 Å². The number of para-hydroxylation sites is 2. The zero-order valence-electron chi connectivity index (χ0n) is 15.8. The van der Waals surface area contributed by atoms with Gasteiger partial charge in [0.1, 0.15) is 0 Å². The number of hydrogen-bond donors (Lipinski definition) is 1. The maximum absolute atomic E-state index is 12.5. The molecule has 0 aliphatic carbocycles. The van der Waals surface area contributed by atoms with Crippen molar-refractivity contribution in [2.24, 2.45) is 0 Å². The first kappa shape index (κ1) is 19.9. The van der Waals surface area contributed by atoms with Crippen LogP contribution < -0.4 is 10.2 Å². The Labute approximate surface area is 167 Å². The number of rotatable bonds is 7. The molecule has 2 amide bonds. The molecule has 148 valence electrons. The summed E-state index contributed by atoms with van der Waals surface area (Å²) < 4.78 is 10.3. The van der Waals surface area contributed by atoms with Crippen LogP contribution in [0.1, 0.15) is 27.8 Å². The van der Waals surface area contributed by atoms with Crippen LogP contribution >= 0.6 is 0 Å². The third kappa shape index (κ3) is 4.90. The van der Waals surface area contributed by atoms with Crippen LogP contribution in [0, 0.1) is 0 Å². The highest BCUT2D eigenvalue weighted by Gasteiger charge is 2.19. The Morgan fingerprint density at radius 2 is 1.69 bits per heavy atom. The lowest BCUT2D eigenvalue weighted by molar-refractivity contribution is -0.121. The molecular formula is C22H20N2O5. The molecule has 0 aliphatic rings. The van der Waals surface area contributed by atoms with Crippen molar-refractivity contribution >= 4 is 29.2 Å². The molecule has 1 aromatic heterocycles. The summed E-state index contributed by atoms with van der Waals surface area (Å²) in [4.78, 5) is 38.7. The van der Waals surface area contributed by atoms with Gasteiger partial charge in [0.25, 0.3) is 11.8 Å². The Morgan fingerprint density at radius 1 is 0.966 bits per heavy atom. The lowest BCUT2D eigenvalue weighted by Gasteiger charge is -2.21. The minimum Gasteiger partial charge on any atom is -0.459 e. The summed E-state index contributed by atoms with van der Waals surface area (Å²) in [6.07, 6.45) is 1.38. The number of carbonyl (C=O) groups excluding carboxylic acids is 3. The van der Waals surface area contributed by atoms with Gasteiger partial charge in [0.05, 0.1) is 17.5 Å². The lowest BCUT2D eigenvalue weighted by Crippen LogP contribution is -2.34. The number of anilines is 2. The summed E-state index contributed by atoms with van der Waals surface area (Å²) >= 11 is 0. The van der Waals surface area contributed by atoms with Gasteiger partial charge in [-0.25, -0.2) is 4.79 Å². The molecule has 1 N–H and O–H groups in total. The first-order chi connectivity index (χ1) is 14.1. The summed E-state index contributed by atoms with van der Waals surface area (Å²) in [6, 6.07) is 18.6. The maximum Gasteiger partial charge on any atom is 0.340 e. The van der Waals surface area contributed by atoms with Gasteiger partial charge in [0.2, 0.25) is 0 Å². The molecule has 3 aromatic rings. The highest BCUT2D eigenvalue weighted by molar-refractivity contribution is 6.07. The van der Waals surface area contributed by atoms with Crippen LogP contribution in [-0.2, 0) is 9.53 Å². The van der Waals surface area contributed by atoms with Crippen molar-refractivity contribution in [2.75, 3.05) is 23.4 Å². The number of amides is 2. The smallest absolute Gasteiger partial charge is 0.340 e. The van der Waals surface area contributed by atoms with Crippen LogP contribution in [0.3, 0.4) is 0 Å². The zero-order valence-corrected chi connectivity index (χ0v) is 15.8. The number of likely N-dealkylation sites (N-methyl/N-ethyl adjacent to an activating group) is 1. The van der Waals surface area contributed by atoms with Crippen molar-refractivity contribution in [1.29, 1.82) is 0 Å². The molecule has 0 fully saturated rings. The van der Waals surface area contributed by atoms with Gasteiger partial charge >= 0.3 is 5.97 Å². The van der Waals surface area contributed by atoms with Crippen molar-refractivity contribution in [2.45, 2.75) is 6.92 Å². The molecule has 0 radical (unpaired) electrons. The van der Waals surface area contributed by atoms with E-state index in [1.165, 1.54) is 23.3 Å². The number of nitrogens with one attached hydrogen (secondary N) is 1. The standard InChI is InChI=1S/C22H20N2O5/c1-2-24(16-9-4-3-5-10-16)20(25)15-29-22(27)17-11-6-7-12-18(17)23-21(26)19-13-8-14-28-19/h3-14H,2,15H2,1H3,(H,23,26). The number of hydrogen-bond acceptors (Lipinski definition) is 5. The van der Waals surface area contributed by atoms with E-state index in [0.29, 0.717) is 6.54 Å². The van der Waals surface area contributed by atoms with Crippen molar-refractivity contribution in [1.82, 2.24) is 0 Å². The Kier molecular flexibility index (Phi) is 6.42. The number of furan rings is 1. The van der Waals surface area contributed by atoms with Crippen molar-refractivity contribution < 1.29 is 23.5 Å². The van der Waals surface area contributed by atoms with E-state index in [-0.39, 0.29) is 22.9 Å². The molecule has 2 aromatic carbocycles. The third-order valence-electron chi connectivity index (χ3n) is 4.15. The molecule has 0 saturated carbocycles. The molecule has 0 atom stereocenters. The second kappa shape index (κ2) is 9.36. The van der Waals surface area contributed by atoms with E-state index in [1.54, 1.807) is 24.3 Å². The molecule has 7 nitrogen and oxygen atoms in total. The van der Waals surface area contributed by atoms with Crippen LogP contribution in [0.15, 0.2) is 77.4 Å². The van der Waals surface area contributed by atoms with E-state index in [4.69, 9.17) is 9.15 Å². The van der Waals surface area contributed by atoms with E-state index in [0.717, 1.165) is 5.69 Å². The summed E-state index contributed by atoms with van der Waals surface area (Å²) in [5, 5.41) is 2.61. The van der Waals surface area contributed by atoms with Crippen molar-refractivity contribution in [3.63, 3.8) is 0 Å². The summed E-state index contributed by atoms with van der Waals surface area (Å²) in [5.41, 5.74) is 1.13. The van der Waals surface area contributed by atoms with Gasteiger partial charge in [0, 0.05) is 12.2 Å². The van der Waals surface area contributed by atoms with Gasteiger partial charge in [-0.15, -0.1) is 0 Å². The Bertz CT molecular complexity index is 983. The molecule has 1 heterocycles. The normalized spacial score (nSPS) is 10.2. The van der Waals surface area contributed by atoms with Gasteiger partial charge in [-0.1, -0.05) is 30.3 Å². The van der Waals surface area contributed by atoms with Gasteiger partial charge in [0.15, 0.2) is 12.4 Å². The molecule has 0 bridgehead atoms. The molecule has 0 spiro atoms. The fourth-order valence-corrected chi connectivity index (χ4v) is 2.76. The number of ether oxygens (including phenoxy) is 1. The van der Waals surface area contributed by atoms with E-state index >= 15 is 0 Å². The van der Waals surface area contributed by atoms with E-state index in [2.05, 4.69) is 5.32 Å². The number of benzene rings is 2. The SMILES string of the molecule is CCN(C(=O)COC(=O)c1ccccc1NC(=O)c1ccco1)c1ccccc1. The molecule has 29 heavy (non-hydrogen) atoms. The van der Waals surface area contributed by atoms with Crippen LogP contribution in [0.2, 0.25) is 0 Å². The highest BCUT2D eigenvalue weighted by Crippen LogP contribution is 2.18. The second-order valence-corrected chi connectivity index (χ2v) is 6.03. The van der Waals surface area contributed by atoms with Gasteiger partial charge < -0.3 is 19.4 Å². The maximum atomic E-state index is 12.5. The summed E-state index contributed by atoms with van der Waals surface area (Å²) in [7, 11) is 0. The lowest BCUT2D eigenvalue weighted by atomic mass is 10.1.